The third-order valence-corrected chi connectivity index (χ3v) is 9.02. The first-order valence-corrected chi connectivity index (χ1v) is 13.9. The predicted octanol–water partition coefficient (Wildman–Crippen LogP) is 3.72. The molecule has 10 heteroatoms. The molecule has 3 amide bonds. The Morgan fingerprint density at radius 1 is 1.21 bits per heavy atom. The van der Waals surface area contributed by atoms with Crippen LogP contribution in [0.15, 0.2) is 18.2 Å². The average molecular weight is 543 g/mol. The van der Waals surface area contributed by atoms with Crippen LogP contribution >= 0.6 is 11.6 Å². The topological polar surface area (TPSA) is 135 Å². The number of nitrogens with two attached hydrogens (primary N) is 1. The molecule has 204 valence electrons. The summed E-state index contributed by atoms with van der Waals surface area (Å²) in [7, 11) is 1.55. The highest BCUT2D eigenvalue weighted by Gasteiger charge is 2.49. The highest BCUT2D eigenvalue weighted by Crippen LogP contribution is 2.47. The molecule has 3 fully saturated rings. The van der Waals surface area contributed by atoms with E-state index in [1.165, 1.54) is 0 Å². The average Bonchev–Trinajstić information content (AvgIpc) is 3.61. The van der Waals surface area contributed by atoms with Crippen LogP contribution in [0.25, 0.3) is 10.9 Å². The van der Waals surface area contributed by atoms with Crippen molar-refractivity contribution in [2.45, 2.75) is 76.3 Å². The summed E-state index contributed by atoms with van der Waals surface area (Å²) in [6.45, 7) is 0.471. The zero-order valence-corrected chi connectivity index (χ0v) is 22.4. The number of hydrogen-bond donors (Lipinski definition) is 3. The number of rotatable bonds is 7. The summed E-state index contributed by atoms with van der Waals surface area (Å²) in [5.41, 5.74) is 6.46. The first-order chi connectivity index (χ1) is 18.2. The van der Waals surface area contributed by atoms with E-state index in [-0.39, 0.29) is 29.4 Å². The van der Waals surface area contributed by atoms with Gasteiger partial charge in [0.1, 0.15) is 29.3 Å². The molecule has 2 heterocycles. The summed E-state index contributed by atoms with van der Waals surface area (Å²) in [6, 6.07) is 3.52. The summed E-state index contributed by atoms with van der Waals surface area (Å²) in [6.07, 6.45) is 7.89. The van der Waals surface area contributed by atoms with Gasteiger partial charge >= 0.3 is 0 Å². The Morgan fingerprint density at radius 2 is 1.97 bits per heavy atom. The van der Waals surface area contributed by atoms with Crippen molar-refractivity contribution in [2.75, 3.05) is 13.7 Å². The minimum Gasteiger partial charge on any atom is -0.497 e. The Morgan fingerprint density at radius 3 is 2.63 bits per heavy atom. The van der Waals surface area contributed by atoms with Gasteiger partial charge in [0, 0.05) is 30.3 Å². The fourth-order valence-corrected chi connectivity index (χ4v) is 6.93. The van der Waals surface area contributed by atoms with Crippen LogP contribution in [0, 0.1) is 11.3 Å². The summed E-state index contributed by atoms with van der Waals surface area (Å²) in [5.74, 6) is -0.935. The van der Waals surface area contributed by atoms with Crippen LogP contribution in [-0.2, 0) is 14.4 Å². The van der Waals surface area contributed by atoms with Crippen LogP contribution in [0.3, 0.4) is 0 Å². The molecular formula is C28H35ClN4O5. The maximum atomic E-state index is 13.9. The molecule has 9 nitrogen and oxygen atoms in total. The first-order valence-electron chi connectivity index (χ1n) is 13.5. The first kappa shape index (κ1) is 26.5. The highest BCUT2D eigenvalue weighted by molar-refractivity contribution is 6.35. The lowest BCUT2D eigenvalue weighted by Gasteiger charge is -2.32. The number of nitrogens with one attached hydrogen (secondary N) is 2. The summed E-state index contributed by atoms with van der Waals surface area (Å²) in [5, 5.41) is 3.98. The van der Waals surface area contributed by atoms with Gasteiger partial charge in [0.15, 0.2) is 0 Å². The fourth-order valence-electron chi connectivity index (χ4n) is 6.67. The molecular weight excluding hydrogens is 508 g/mol. The SMILES string of the molecule is COc1cc(Cl)c2[nH]c(C(=O)N3CC4(CCCCC4)CC3C(=O)N[C@@H](C[C@@H]3CCCC3=O)C(N)=O)cc2c1. The number of Topliss-reactive ketones (excluding diaryl/α,β-unsaturated/α-hetero) is 1. The Balaban J connectivity index is 1.41. The number of amides is 3. The second-order valence-corrected chi connectivity index (χ2v) is 11.6. The minimum atomic E-state index is -0.950. The quantitative estimate of drug-likeness (QED) is 0.490. The number of primary amides is 1. The second kappa shape index (κ2) is 10.6. The number of ether oxygens (including phenoxy) is 1. The van der Waals surface area contributed by atoms with E-state index in [0.29, 0.717) is 47.8 Å². The lowest BCUT2D eigenvalue weighted by atomic mass is 9.72. The molecule has 2 aliphatic carbocycles. The Bertz CT molecular complexity index is 1270. The number of fused-ring (bicyclic) bond motifs is 1. The molecule has 1 unspecified atom stereocenters. The lowest BCUT2D eigenvalue weighted by molar-refractivity contribution is -0.130. The van der Waals surface area contributed by atoms with Crippen molar-refractivity contribution in [3.05, 3.63) is 28.9 Å². The number of aromatic nitrogens is 1. The van der Waals surface area contributed by atoms with Gasteiger partial charge in [-0.1, -0.05) is 30.9 Å². The number of methoxy groups -OCH3 is 1. The third kappa shape index (κ3) is 5.13. The summed E-state index contributed by atoms with van der Waals surface area (Å²) in [4.78, 5) is 56.7. The third-order valence-electron chi connectivity index (χ3n) is 8.72. The maximum Gasteiger partial charge on any atom is 0.271 e. The van der Waals surface area contributed by atoms with Gasteiger partial charge < -0.3 is 25.7 Å². The minimum absolute atomic E-state index is 0.110. The standard InChI is InChI=1S/C28H35ClN4O5/c1-38-18-10-17-12-21(31-24(17)19(29)13-18)27(37)33-15-28(8-3-2-4-9-28)14-22(33)26(36)32-20(25(30)35)11-16-6-5-7-23(16)34/h10,12-13,16,20,22,31H,2-9,11,14-15H2,1H3,(H2,30,35)(H,32,36)/t16-,20-,22?/m0/s1. The van der Waals surface area contributed by atoms with Gasteiger partial charge in [-0.15, -0.1) is 0 Å². The van der Waals surface area contributed by atoms with Crippen molar-refractivity contribution in [3.63, 3.8) is 0 Å². The Labute approximate surface area is 226 Å². The van der Waals surface area contributed by atoms with E-state index in [4.69, 9.17) is 22.1 Å². The zero-order valence-electron chi connectivity index (χ0n) is 21.7. The van der Waals surface area contributed by atoms with E-state index in [2.05, 4.69) is 10.3 Å². The van der Waals surface area contributed by atoms with Gasteiger partial charge in [0.05, 0.1) is 17.6 Å². The normalized spacial score (nSPS) is 23.6. The highest BCUT2D eigenvalue weighted by atomic mass is 35.5. The number of likely N-dealkylation sites (tertiary alicyclic amines) is 1. The second-order valence-electron chi connectivity index (χ2n) is 11.2. The van der Waals surface area contributed by atoms with E-state index in [1.54, 1.807) is 30.2 Å². The smallest absolute Gasteiger partial charge is 0.271 e. The number of H-pyrrole nitrogens is 1. The van der Waals surface area contributed by atoms with E-state index in [0.717, 1.165) is 43.9 Å². The van der Waals surface area contributed by atoms with Gasteiger partial charge in [-0.3, -0.25) is 19.2 Å². The van der Waals surface area contributed by atoms with Crippen LogP contribution in [0.1, 0.15) is 74.7 Å². The molecule has 3 atom stereocenters. The Kier molecular flexibility index (Phi) is 7.40. The van der Waals surface area contributed by atoms with Crippen molar-refractivity contribution in [1.82, 2.24) is 15.2 Å². The number of carbonyl (C=O) groups is 4. The zero-order chi connectivity index (χ0) is 27.0. The van der Waals surface area contributed by atoms with Crippen molar-refractivity contribution >= 4 is 46.0 Å². The molecule has 1 spiro atoms. The molecule has 1 saturated heterocycles. The molecule has 5 rings (SSSR count). The van der Waals surface area contributed by atoms with E-state index in [1.807, 2.05) is 0 Å². The molecule has 4 N–H and O–H groups in total. The van der Waals surface area contributed by atoms with E-state index in [9.17, 15) is 19.2 Å². The van der Waals surface area contributed by atoms with Gasteiger partial charge in [-0.05, 0) is 56.1 Å². The molecule has 38 heavy (non-hydrogen) atoms. The van der Waals surface area contributed by atoms with Crippen molar-refractivity contribution in [2.24, 2.45) is 17.1 Å². The number of aromatic amines is 1. The molecule has 3 aliphatic rings. The van der Waals surface area contributed by atoms with Crippen molar-refractivity contribution in [3.8, 4) is 5.75 Å². The van der Waals surface area contributed by atoms with Gasteiger partial charge in [-0.2, -0.15) is 0 Å². The van der Waals surface area contributed by atoms with E-state index >= 15 is 0 Å². The van der Waals surface area contributed by atoms with Crippen LogP contribution in [-0.4, -0.2) is 59.1 Å². The maximum absolute atomic E-state index is 13.9. The number of hydrogen-bond acceptors (Lipinski definition) is 5. The van der Waals surface area contributed by atoms with Crippen molar-refractivity contribution < 1.29 is 23.9 Å². The number of benzene rings is 1. The predicted molar refractivity (Wildman–Crippen MR) is 143 cm³/mol. The molecule has 1 aliphatic heterocycles. The number of halogens is 1. The number of nitrogens with zero attached hydrogens (tertiary/aromatic N) is 1. The monoisotopic (exact) mass is 542 g/mol. The van der Waals surface area contributed by atoms with Gasteiger partial charge in [0.2, 0.25) is 11.8 Å². The van der Waals surface area contributed by atoms with Crippen LogP contribution in [0.5, 0.6) is 5.75 Å². The molecule has 0 radical (unpaired) electrons. The molecule has 1 aromatic carbocycles. The lowest BCUT2D eigenvalue weighted by Crippen LogP contribution is -2.53. The molecule has 0 bridgehead atoms. The van der Waals surface area contributed by atoms with Crippen LogP contribution < -0.4 is 15.8 Å². The molecule has 2 saturated carbocycles. The van der Waals surface area contributed by atoms with Gasteiger partial charge in [0.25, 0.3) is 5.91 Å². The summed E-state index contributed by atoms with van der Waals surface area (Å²) >= 11 is 6.41. The molecule has 2 aromatic rings. The largest absolute Gasteiger partial charge is 0.497 e. The van der Waals surface area contributed by atoms with Crippen LogP contribution in [0.2, 0.25) is 5.02 Å². The van der Waals surface area contributed by atoms with Gasteiger partial charge in [-0.25, -0.2) is 0 Å². The Hall–Kier alpha value is -3.07. The number of ketones is 1. The number of carbonyl (C=O) groups excluding carboxylic acids is 4. The summed E-state index contributed by atoms with van der Waals surface area (Å²) < 4.78 is 5.30. The van der Waals surface area contributed by atoms with Crippen molar-refractivity contribution in [1.29, 1.82) is 0 Å². The van der Waals surface area contributed by atoms with Crippen LogP contribution in [0.4, 0.5) is 0 Å². The fraction of sp³-hybridized carbons (Fsp3) is 0.571. The van der Waals surface area contributed by atoms with E-state index < -0.39 is 23.9 Å². The molecule has 1 aromatic heterocycles.